The van der Waals surface area contributed by atoms with E-state index in [4.69, 9.17) is 0 Å². The lowest BCUT2D eigenvalue weighted by Gasteiger charge is -2.36. The van der Waals surface area contributed by atoms with Crippen LogP contribution in [0.2, 0.25) is 0 Å². The number of thiophene rings is 1. The van der Waals surface area contributed by atoms with Gasteiger partial charge in [-0.1, -0.05) is 169 Å². The molecule has 64 heavy (non-hydrogen) atoms. The summed E-state index contributed by atoms with van der Waals surface area (Å²) in [5, 5.41) is 9.02. The average molecular weight is 835 g/mol. The van der Waals surface area contributed by atoms with Gasteiger partial charge in [0, 0.05) is 48.5 Å². The van der Waals surface area contributed by atoms with Crippen molar-refractivity contribution >= 4 is 88.9 Å². The zero-order valence-corrected chi connectivity index (χ0v) is 36.6. The molecule has 11 aromatic rings. The summed E-state index contributed by atoms with van der Waals surface area (Å²) in [7, 11) is 0.795. The van der Waals surface area contributed by atoms with Crippen LogP contribution in [0.1, 0.15) is 11.1 Å². The SMILES string of the molecule is Cc1ccccc1-c1cc(-c2ccc3ccccc3c2Nc2ccc(-c3ccccc3)cc2)c2c(c1)N(c1ccc(-c3ccccc3)cc1C)c1cc3sc4ccccc4c3cc1B2. The van der Waals surface area contributed by atoms with Gasteiger partial charge in [0.15, 0.2) is 7.28 Å². The minimum absolute atomic E-state index is 0.795. The predicted octanol–water partition coefficient (Wildman–Crippen LogP) is 15.4. The molecule has 1 N–H and O–H groups in total. The van der Waals surface area contributed by atoms with Gasteiger partial charge in [-0.2, -0.15) is 0 Å². The molecule has 0 unspecified atom stereocenters. The van der Waals surface area contributed by atoms with Crippen LogP contribution in [0, 0.1) is 13.8 Å². The highest BCUT2D eigenvalue weighted by Gasteiger charge is 2.31. The van der Waals surface area contributed by atoms with Crippen molar-refractivity contribution in [1.29, 1.82) is 0 Å². The molecule has 10 aromatic carbocycles. The summed E-state index contributed by atoms with van der Waals surface area (Å²) in [4.78, 5) is 2.57. The lowest BCUT2D eigenvalue weighted by atomic mass is 9.57. The summed E-state index contributed by atoms with van der Waals surface area (Å²) in [5.74, 6) is 0. The Balaban J connectivity index is 1.12. The van der Waals surface area contributed by atoms with Gasteiger partial charge in [-0.05, 0) is 129 Å². The quantitative estimate of drug-likeness (QED) is 0.161. The molecular weight excluding hydrogens is 792 g/mol. The molecule has 2 heterocycles. The number of fused-ring (bicyclic) bond motifs is 6. The van der Waals surface area contributed by atoms with Gasteiger partial charge >= 0.3 is 0 Å². The number of aryl methyl sites for hydroxylation is 2. The standard InChI is InChI=1S/C60H43BN2S/c1-38-15-9-11-21-47(38)45-34-52(50-31-27-43-20-10-12-22-48(43)60(50)62-46-29-25-42(26-30-46)40-16-5-3-6-17-40)59-56(35-45)63(54-32-28-44(33-39(54)2)41-18-7-4-8-19-41)55-37-58-51(36-53(55)61-59)49-23-13-14-24-57(49)64-58/h3-37,61-62H,1-2H3. The highest BCUT2D eigenvalue weighted by molar-refractivity contribution is 7.25. The van der Waals surface area contributed by atoms with E-state index in [1.165, 1.54) is 115 Å². The maximum Gasteiger partial charge on any atom is 0.198 e. The first kappa shape index (κ1) is 38.1. The van der Waals surface area contributed by atoms with E-state index in [2.05, 4.69) is 236 Å². The van der Waals surface area contributed by atoms with E-state index < -0.39 is 0 Å². The van der Waals surface area contributed by atoms with Crippen LogP contribution in [0.4, 0.5) is 28.4 Å². The molecule has 0 fully saturated rings. The molecule has 0 amide bonds. The van der Waals surface area contributed by atoms with Crippen molar-refractivity contribution in [2.75, 3.05) is 10.2 Å². The van der Waals surface area contributed by atoms with Crippen LogP contribution < -0.4 is 21.1 Å². The molecule has 0 spiro atoms. The number of nitrogens with zero attached hydrogens (tertiary/aromatic N) is 1. The molecular formula is C60H43BN2S. The maximum atomic E-state index is 3.99. The average Bonchev–Trinajstić information content (AvgIpc) is 3.71. The fourth-order valence-electron chi connectivity index (χ4n) is 9.94. The molecule has 0 saturated carbocycles. The van der Waals surface area contributed by atoms with Crippen LogP contribution in [0.15, 0.2) is 212 Å². The Hall–Kier alpha value is -7.66. The molecule has 0 aliphatic carbocycles. The van der Waals surface area contributed by atoms with E-state index in [1.807, 2.05) is 11.3 Å². The van der Waals surface area contributed by atoms with Gasteiger partial charge in [-0.25, -0.2) is 0 Å². The highest BCUT2D eigenvalue weighted by atomic mass is 32.1. The molecule has 0 atom stereocenters. The van der Waals surface area contributed by atoms with Gasteiger partial charge in [0.1, 0.15) is 0 Å². The number of benzene rings is 10. The number of hydrogen-bond acceptors (Lipinski definition) is 3. The highest BCUT2D eigenvalue weighted by Crippen LogP contribution is 2.46. The second-order valence-electron chi connectivity index (χ2n) is 17.1. The minimum atomic E-state index is 0.795. The Kier molecular flexibility index (Phi) is 9.28. The van der Waals surface area contributed by atoms with Crippen LogP contribution >= 0.6 is 11.3 Å². The minimum Gasteiger partial charge on any atom is -0.355 e. The first-order chi connectivity index (χ1) is 31.5. The molecule has 0 radical (unpaired) electrons. The third kappa shape index (κ3) is 6.58. The lowest BCUT2D eigenvalue weighted by molar-refractivity contribution is 1.26. The molecule has 12 rings (SSSR count). The Bertz CT molecular complexity index is 3570. The third-order valence-electron chi connectivity index (χ3n) is 13.1. The van der Waals surface area contributed by atoms with Crippen molar-refractivity contribution in [3.8, 4) is 44.5 Å². The summed E-state index contributed by atoms with van der Waals surface area (Å²) >= 11 is 1.89. The van der Waals surface area contributed by atoms with Gasteiger partial charge in [0.05, 0.1) is 5.69 Å². The van der Waals surface area contributed by atoms with Crippen LogP contribution in [0.25, 0.3) is 75.5 Å². The third-order valence-corrected chi connectivity index (χ3v) is 14.3. The van der Waals surface area contributed by atoms with Gasteiger partial charge in [0.25, 0.3) is 0 Å². The van der Waals surface area contributed by atoms with E-state index >= 15 is 0 Å². The summed E-state index contributed by atoms with van der Waals surface area (Å²) < 4.78 is 2.63. The van der Waals surface area contributed by atoms with Gasteiger partial charge in [0.2, 0.25) is 0 Å². The van der Waals surface area contributed by atoms with Crippen LogP contribution in [0.3, 0.4) is 0 Å². The molecule has 2 nitrogen and oxygen atoms in total. The van der Waals surface area contributed by atoms with Gasteiger partial charge in [-0.3, -0.25) is 0 Å². The Labute approximate surface area is 379 Å². The van der Waals surface area contributed by atoms with Gasteiger partial charge < -0.3 is 10.2 Å². The summed E-state index contributed by atoms with van der Waals surface area (Å²) in [5.41, 5.74) is 20.6. The molecule has 0 saturated heterocycles. The van der Waals surface area contributed by atoms with E-state index in [1.54, 1.807) is 0 Å². The molecule has 1 aromatic heterocycles. The van der Waals surface area contributed by atoms with E-state index in [9.17, 15) is 0 Å². The Morgan fingerprint density at radius 2 is 1.08 bits per heavy atom. The zero-order chi connectivity index (χ0) is 42.7. The van der Waals surface area contributed by atoms with Crippen molar-refractivity contribution in [2.24, 2.45) is 0 Å². The topological polar surface area (TPSA) is 15.3 Å². The van der Waals surface area contributed by atoms with Crippen molar-refractivity contribution in [1.82, 2.24) is 0 Å². The van der Waals surface area contributed by atoms with Crippen LogP contribution in [-0.4, -0.2) is 7.28 Å². The smallest absolute Gasteiger partial charge is 0.198 e. The first-order valence-electron chi connectivity index (χ1n) is 22.1. The Morgan fingerprint density at radius 1 is 0.406 bits per heavy atom. The predicted molar refractivity (Wildman–Crippen MR) is 279 cm³/mol. The fraction of sp³-hybridized carbons (Fsp3) is 0.0333. The largest absolute Gasteiger partial charge is 0.355 e. The van der Waals surface area contributed by atoms with E-state index in [-0.39, 0.29) is 0 Å². The molecule has 0 bridgehead atoms. The summed E-state index contributed by atoms with van der Waals surface area (Å²) in [6.07, 6.45) is 0. The number of anilines is 5. The van der Waals surface area contributed by atoms with Crippen molar-refractivity contribution < 1.29 is 0 Å². The van der Waals surface area contributed by atoms with E-state index in [0.717, 1.165) is 18.7 Å². The summed E-state index contributed by atoms with van der Waals surface area (Å²) in [6.45, 7) is 4.50. The van der Waals surface area contributed by atoms with Gasteiger partial charge in [-0.15, -0.1) is 11.3 Å². The molecule has 1 aliphatic heterocycles. The normalized spacial score (nSPS) is 12.0. The molecule has 4 heteroatoms. The monoisotopic (exact) mass is 834 g/mol. The van der Waals surface area contributed by atoms with Crippen molar-refractivity contribution in [3.63, 3.8) is 0 Å². The number of nitrogens with one attached hydrogen (secondary N) is 1. The van der Waals surface area contributed by atoms with Crippen molar-refractivity contribution in [2.45, 2.75) is 13.8 Å². The second-order valence-corrected chi connectivity index (χ2v) is 18.2. The van der Waals surface area contributed by atoms with Crippen molar-refractivity contribution in [3.05, 3.63) is 223 Å². The zero-order valence-electron chi connectivity index (χ0n) is 35.8. The molecule has 302 valence electrons. The van der Waals surface area contributed by atoms with Crippen LogP contribution in [-0.2, 0) is 0 Å². The lowest BCUT2D eigenvalue weighted by Crippen LogP contribution is -2.41. The fourth-order valence-corrected chi connectivity index (χ4v) is 11.1. The molecule has 1 aliphatic rings. The first-order valence-corrected chi connectivity index (χ1v) is 22.9. The van der Waals surface area contributed by atoms with E-state index in [0.29, 0.717) is 0 Å². The second kappa shape index (κ2) is 15.6. The number of rotatable bonds is 7. The van der Waals surface area contributed by atoms with Crippen LogP contribution in [0.5, 0.6) is 0 Å². The Morgan fingerprint density at radius 3 is 1.86 bits per heavy atom. The summed E-state index contributed by atoms with van der Waals surface area (Å²) in [6, 6.07) is 78.1. The maximum absolute atomic E-state index is 3.99. The number of hydrogen-bond donors (Lipinski definition) is 1.